The Hall–Kier alpha value is -1.73. The number of hydrogen-bond donors (Lipinski definition) is 0. The van der Waals surface area contributed by atoms with Gasteiger partial charge in [-0.25, -0.2) is 9.67 Å². The van der Waals surface area contributed by atoms with Crippen molar-refractivity contribution in [2.24, 2.45) is 0 Å². The Morgan fingerprint density at radius 1 is 1.23 bits per heavy atom. The molecule has 2 aromatic heterocycles. The quantitative estimate of drug-likeness (QED) is 0.814. The summed E-state index contributed by atoms with van der Waals surface area (Å²) in [5.41, 5.74) is 1.69. The third-order valence-electron chi connectivity index (χ3n) is 3.96. The molecule has 4 rings (SSSR count). The maximum Gasteiger partial charge on any atom is 0.197 e. The molecular formula is C15H20N4O3. The van der Waals surface area contributed by atoms with E-state index in [-0.39, 0.29) is 6.29 Å². The maximum atomic E-state index is 5.70. The smallest absolute Gasteiger partial charge is 0.197 e. The molecule has 2 aromatic rings. The van der Waals surface area contributed by atoms with Crippen LogP contribution < -0.4 is 0 Å². The molecule has 7 heteroatoms. The Morgan fingerprint density at radius 2 is 2.18 bits per heavy atom. The van der Waals surface area contributed by atoms with E-state index in [1.165, 1.54) is 12.8 Å². The monoisotopic (exact) mass is 304 g/mol. The molecule has 0 bridgehead atoms. The molecule has 3 heterocycles. The Labute approximate surface area is 128 Å². The second-order valence-corrected chi connectivity index (χ2v) is 5.97. The fourth-order valence-electron chi connectivity index (χ4n) is 2.58. The van der Waals surface area contributed by atoms with Crippen molar-refractivity contribution in [2.75, 3.05) is 6.61 Å². The zero-order valence-electron chi connectivity index (χ0n) is 12.5. The van der Waals surface area contributed by atoms with Gasteiger partial charge in [-0.2, -0.15) is 0 Å². The van der Waals surface area contributed by atoms with Crippen molar-refractivity contribution in [1.29, 1.82) is 0 Å². The minimum absolute atomic E-state index is 0.101. The highest BCUT2D eigenvalue weighted by Crippen LogP contribution is 2.39. The molecule has 22 heavy (non-hydrogen) atoms. The Balaban J connectivity index is 1.30. The van der Waals surface area contributed by atoms with Crippen LogP contribution in [0.2, 0.25) is 0 Å². The first kappa shape index (κ1) is 13.9. The molecular weight excluding hydrogens is 284 g/mol. The first-order valence-corrected chi connectivity index (χ1v) is 7.93. The lowest BCUT2D eigenvalue weighted by molar-refractivity contribution is -0.169. The zero-order valence-corrected chi connectivity index (χ0v) is 12.5. The molecule has 0 radical (unpaired) electrons. The molecule has 2 fully saturated rings. The van der Waals surface area contributed by atoms with Gasteiger partial charge in [-0.05, 0) is 32.1 Å². The summed E-state index contributed by atoms with van der Waals surface area (Å²) in [6, 6.07) is 0. The summed E-state index contributed by atoms with van der Waals surface area (Å²) in [5.74, 6) is 1.39. The van der Waals surface area contributed by atoms with Gasteiger partial charge in [0, 0.05) is 12.5 Å². The molecule has 1 unspecified atom stereocenters. The minimum Gasteiger partial charge on any atom is -0.448 e. The molecule has 1 atom stereocenters. The highest BCUT2D eigenvalue weighted by molar-refractivity contribution is 5.06. The average Bonchev–Trinajstić information content (AvgIpc) is 3.14. The number of nitrogens with zero attached hydrogens (tertiary/aromatic N) is 4. The minimum atomic E-state index is -0.101. The number of oxazole rings is 1. The lowest BCUT2D eigenvalue weighted by Gasteiger charge is -2.22. The lowest BCUT2D eigenvalue weighted by Crippen LogP contribution is -2.22. The Morgan fingerprint density at radius 3 is 3.00 bits per heavy atom. The summed E-state index contributed by atoms with van der Waals surface area (Å²) in [7, 11) is 0. The van der Waals surface area contributed by atoms with Crippen LogP contribution in [0.3, 0.4) is 0 Å². The molecule has 1 saturated heterocycles. The Bertz CT molecular complexity index is 614. The van der Waals surface area contributed by atoms with Crippen molar-refractivity contribution >= 4 is 0 Å². The van der Waals surface area contributed by atoms with Gasteiger partial charge in [0.05, 0.1) is 19.3 Å². The van der Waals surface area contributed by atoms with Crippen LogP contribution in [0.4, 0.5) is 0 Å². The summed E-state index contributed by atoms with van der Waals surface area (Å²) >= 11 is 0. The highest BCUT2D eigenvalue weighted by atomic mass is 16.7. The second-order valence-electron chi connectivity index (χ2n) is 5.97. The first-order chi connectivity index (χ1) is 10.9. The first-order valence-electron chi connectivity index (χ1n) is 7.93. The molecule has 0 spiro atoms. The van der Waals surface area contributed by atoms with Crippen molar-refractivity contribution in [3.63, 3.8) is 0 Å². The zero-order chi connectivity index (χ0) is 14.8. The van der Waals surface area contributed by atoms with E-state index in [0.29, 0.717) is 19.1 Å². The van der Waals surface area contributed by atoms with Gasteiger partial charge in [0.2, 0.25) is 0 Å². The summed E-state index contributed by atoms with van der Waals surface area (Å²) in [5, 5.41) is 8.23. The topological polar surface area (TPSA) is 75.2 Å². The van der Waals surface area contributed by atoms with Crippen molar-refractivity contribution in [2.45, 2.75) is 57.5 Å². The molecule has 0 aromatic carbocycles. The van der Waals surface area contributed by atoms with Gasteiger partial charge < -0.3 is 13.9 Å². The lowest BCUT2D eigenvalue weighted by atomic mass is 10.2. The number of rotatable bonds is 6. The van der Waals surface area contributed by atoms with E-state index in [2.05, 4.69) is 15.3 Å². The van der Waals surface area contributed by atoms with E-state index in [1.54, 1.807) is 10.9 Å². The largest absolute Gasteiger partial charge is 0.448 e. The van der Waals surface area contributed by atoms with Gasteiger partial charge >= 0.3 is 0 Å². The highest BCUT2D eigenvalue weighted by Gasteiger charge is 2.28. The van der Waals surface area contributed by atoms with Crippen LogP contribution in [-0.2, 0) is 22.6 Å². The van der Waals surface area contributed by atoms with Crippen LogP contribution in [0, 0.1) is 0 Å². The van der Waals surface area contributed by atoms with Crippen LogP contribution in [0.5, 0.6) is 0 Å². The van der Waals surface area contributed by atoms with Gasteiger partial charge in [-0.15, -0.1) is 5.10 Å². The predicted octanol–water partition coefficient (Wildman–Crippen LogP) is 2.24. The third kappa shape index (κ3) is 3.36. The number of hydrogen-bond acceptors (Lipinski definition) is 6. The van der Waals surface area contributed by atoms with Gasteiger partial charge in [0.15, 0.2) is 12.2 Å². The van der Waals surface area contributed by atoms with Gasteiger partial charge in [-0.3, -0.25) is 0 Å². The molecule has 1 aliphatic heterocycles. The van der Waals surface area contributed by atoms with Crippen LogP contribution >= 0.6 is 0 Å². The standard InChI is InChI=1S/C15H20N4O3/c1-2-6-20-14(3-1)21-10-13-8-19(18-17-13)7-12-9-22-15(16-12)11-4-5-11/h8-9,11,14H,1-7,10H2. The van der Waals surface area contributed by atoms with E-state index in [4.69, 9.17) is 13.9 Å². The van der Waals surface area contributed by atoms with Crippen molar-refractivity contribution < 1.29 is 13.9 Å². The van der Waals surface area contributed by atoms with Gasteiger partial charge in [0.1, 0.15) is 17.7 Å². The van der Waals surface area contributed by atoms with Crippen molar-refractivity contribution in [3.8, 4) is 0 Å². The fraction of sp³-hybridized carbons (Fsp3) is 0.667. The number of aromatic nitrogens is 4. The van der Waals surface area contributed by atoms with Crippen molar-refractivity contribution in [3.05, 3.63) is 29.7 Å². The predicted molar refractivity (Wildman–Crippen MR) is 76.0 cm³/mol. The molecule has 0 N–H and O–H groups in total. The SMILES string of the molecule is c1oc(C2CC2)nc1Cn1cc(COC2CCCCO2)nn1. The van der Waals surface area contributed by atoms with Crippen LogP contribution in [0.25, 0.3) is 0 Å². The summed E-state index contributed by atoms with van der Waals surface area (Å²) < 4.78 is 18.5. The molecule has 1 aliphatic carbocycles. The molecule has 2 aliphatic rings. The van der Waals surface area contributed by atoms with E-state index < -0.39 is 0 Å². The summed E-state index contributed by atoms with van der Waals surface area (Å²) in [6.07, 6.45) is 9.11. The maximum absolute atomic E-state index is 5.70. The molecule has 1 saturated carbocycles. The van der Waals surface area contributed by atoms with E-state index in [1.807, 2.05) is 6.20 Å². The molecule has 118 valence electrons. The molecule has 0 amide bonds. The summed E-state index contributed by atoms with van der Waals surface area (Å²) in [4.78, 5) is 4.49. The van der Waals surface area contributed by atoms with Crippen LogP contribution in [0.1, 0.15) is 55.3 Å². The third-order valence-corrected chi connectivity index (χ3v) is 3.96. The average molecular weight is 304 g/mol. The normalized spacial score (nSPS) is 22.1. The Kier molecular flexibility index (Phi) is 3.90. The van der Waals surface area contributed by atoms with Crippen molar-refractivity contribution in [1.82, 2.24) is 20.0 Å². The number of ether oxygens (including phenoxy) is 2. The van der Waals surface area contributed by atoms with Gasteiger partial charge in [-0.1, -0.05) is 5.21 Å². The second kappa shape index (κ2) is 6.18. The van der Waals surface area contributed by atoms with Crippen LogP contribution in [-0.4, -0.2) is 32.9 Å². The van der Waals surface area contributed by atoms with E-state index >= 15 is 0 Å². The van der Waals surface area contributed by atoms with Crippen LogP contribution in [0.15, 0.2) is 16.9 Å². The van der Waals surface area contributed by atoms with Gasteiger partial charge in [0.25, 0.3) is 0 Å². The fourth-order valence-corrected chi connectivity index (χ4v) is 2.58. The summed E-state index contributed by atoms with van der Waals surface area (Å²) in [6.45, 7) is 1.78. The van der Waals surface area contributed by atoms with E-state index in [9.17, 15) is 0 Å². The molecule has 7 nitrogen and oxygen atoms in total. The van der Waals surface area contributed by atoms with E-state index in [0.717, 1.165) is 43.1 Å².